The Morgan fingerprint density at radius 1 is 1.26 bits per heavy atom. The van der Waals surface area contributed by atoms with Gasteiger partial charge in [0.2, 0.25) is 5.91 Å². The average Bonchev–Trinajstić information content (AvgIpc) is 3.33. The summed E-state index contributed by atoms with van der Waals surface area (Å²) in [6.45, 7) is 4.92. The lowest BCUT2D eigenvalue weighted by molar-refractivity contribution is -0.163. The van der Waals surface area contributed by atoms with Crippen LogP contribution in [0.1, 0.15) is 56.4 Å². The highest BCUT2D eigenvalue weighted by Gasteiger charge is 2.60. The van der Waals surface area contributed by atoms with Crippen LogP contribution in [0.4, 0.5) is 5.13 Å². The van der Waals surface area contributed by atoms with E-state index in [0.717, 1.165) is 30.8 Å². The first kappa shape index (κ1) is 23.6. The van der Waals surface area contributed by atoms with E-state index in [-0.39, 0.29) is 40.8 Å². The summed E-state index contributed by atoms with van der Waals surface area (Å²) in [6.07, 6.45) is 4.81. The van der Waals surface area contributed by atoms with Gasteiger partial charge in [-0.05, 0) is 19.8 Å². The van der Waals surface area contributed by atoms with Crippen LogP contribution in [0.3, 0.4) is 0 Å². The zero-order valence-electron chi connectivity index (χ0n) is 19.3. The number of nitrogens with one attached hydrogen (secondary N) is 1. The topological polar surface area (TPSA) is 123 Å². The number of hydrogen-bond acceptors (Lipinski definition) is 8. The van der Waals surface area contributed by atoms with Crippen molar-refractivity contribution in [2.75, 3.05) is 18.0 Å². The third-order valence-corrected chi connectivity index (χ3v) is 9.74. The number of nitrogens with zero attached hydrogens (tertiary/aromatic N) is 3. The second-order valence-corrected chi connectivity index (χ2v) is 11.9. The molecule has 3 unspecified atom stereocenters. The van der Waals surface area contributed by atoms with Crippen LogP contribution in [0.25, 0.3) is 0 Å². The molecule has 11 heteroatoms. The van der Waals surface area contributed by atoms with Crippen LogP contribution < -0.4 is 10.2 Å². The molecule has 0 aromatic carbocycles. The van der Waals surface area contributed by atoms with Gasteiger partial charge in [-0.15, -0.1) is 23.1 Å². The molecule has 1 aromatic heterocycles. The molecular formula is C23H30N4O5S2. The van der Waals surface area contributed by atoms with Crippen LogP contribution in [0.2, 0.25) is 0 Å². The molecule has 3 fully saturated rings. The van der Waals surface area contributed by atoms with Crippen LogP contribution in [-0.2, 0) is 9.59 Å². The Morgan fingerprint density at radius 2 is 1.97 bits per heavy atom. The number of anilines is 1. The van der Waals surface area contributed by atoms with Crippen molar-refractivity contribution in [3.8, 4) is 0 Å². The minimum absolute atomic E-state index is 0.0683. The molecule has 2 saturated heterocycles. The average molecular weight is 507 g/mol. The highest BCUT2D eigenvalue weighted by molar-refractivity contribution is 8.03. The molecule has 3 aliphatic heterocycles. The Hall–Kier alpha value is -2.11. The van der Waals surface area contributed by atoms with E-state index in [1.54, 1.807) is 12.3 Å². The standard InChI is InChI=1S/C23H30N4O5S2/c1-11-17-16(12(2)28)21(30)27(17)18(22(31)32)19(11)34-14-8-26(9-14)23-25-15(10-33-23)20(29)24-13-6-4-3-5-7-13/h10-14,16-17,28H,3-9H2,1-2H3,(H,24,29)(H,31,32)/t11-,12?,16?,17?/m1/s1. The minimum Gasteiger partial charge on any atom is -0.477 e. The number of carbonyl (C=O) groups excluding carboxylic acids is 2. The first-order valence-electron chi connectivity index (χ1n) is 11.9. The van der Waals surface area contributed by atoms with E-state index >= 15 is 0 Å². The van der Waals surface area contributed by atoms with Gasteiger partial charge in [0.25, 0.3) is 5.91 Å². The van der Waals surface area contributed by atoms with Crippen molar-refractivity contribution in [2.24, 2.45) is 11.8 Å². The highest BCUT2D eigenvalue weighted by atomic mass is 32.2. The second-order valence-electron chi connectivity index (χ2n) is 9.74. The van der Waals surface area contributed by atoms with Gasteiger partial charge in [-0.3, -0.25) is 9.59 Å². The summed E-state index contributed by atoms with van der Waals surface area (Å²) in [6, 6.07) is -0.0471. The molecule has 34 heavy (non-hydrogen) atoms. The number of thiazole rings is 1. The number of thioether (sulfide) groups is 1. The number of fused-ring (bicyclic) bond motifs is 1. The van der Waals surface area contributed by atoms with Crippen LogP contribution >= 0.6 is 23.1 Å². The number of rotatable bonds is 7. The molecule has 5 rings (SSSR count). The summed E-state index contributed by atoms with van der Waals surface area (Å²) < 4.78 is 0. The summed E-state index contributed by atoms with van der Waals surface area (Å²) >= 11 is 2.96. The van der Waals surface area contributed by atoms with Gasteiger partial charge in [-0.25, -0.2) is 9.78 Å². The maximum absolute atomic E-state index is 12.6. The van der Waals surface area contributed by atoms with Gasteiger partial charge in [-0.1, -0.05) is 26.2 Å². The first-order valence-corrected chi connectivity index (χ1v) is 13.7. The van der Waals surface area contributed by atoms with Gasteiger partial charge in [0.05, 0.1) is 18.1 Å². The molecule has 1 aliphatic carbocycles. The van der Waals surface area contributed by atoms with Crippen molar-refractivity contribution in [1.82, 2.24) is 15.2 Å². The number of aliphatic hydroxyl groups excluding tert-OH is 1. The summed E-state index contributed by atoms with van der Waals surface area (Å²) in [5.41, 5.74) is 0.521. The number of aromatic nitrogens is 1. The van der Waals surface area contributed by atoms with Crippen LogP contribution in [0.15, 0.2) is 16.0 Å². The van der Waals surface area contributed by atoms with E-state index in [9.17, 15) is 24.6 Å². The Morgan fingerprint density at radius 3 is 2.62 bits per heavy atom. The number of hydrogen-bond donors (Lipinski definition) is 3. The van der Waals surface area contributed by atoms with Crippen molar-refractivity contribution >= 4 is 46.0 Å². The maximum Gasteiger partial charge on any atom is 0.353 e. The molecule has 0 spiro atoms. The second kappa shape index (κ2) is 9.16. The number of carboxylic acid groups (broad SMARTS) is 1. The molecule has 1 aromatic rings. The summed E-state index contributed by atoms with van der Waals surface area (Å²) in [4.78, 5) is 45.7. The number of amides is 2. The van der Waals surface area contributed by atoms with Crippen LogP contribution in [0, 0.1) is 11.8 Å². The van der Waals surface area contributed by atoms with Crippen LogP contribution in [0.5, 0.6) is 0 Å². The fraction of sp³-hybridized carbons (Fsp3) is 0.652. The van der Waals surface area contributed by atoms with E-state index in [4.69, 9.17) is 0 Å². The molecule has 4 heterocycles. The first-order chi connectivity index (χ1) is 16.3. The predicted octanol–water partition coefficient (Wildman–Crippen LogP) is 2.28. The van der Waals surface area contributed by atoms with Gasteiger partial charge in [0.15, 0.2) is 5.13 Å². The number of β-lactam (4-membered cyclic amide) rings is 1. The van der Waals surface area contributed by atoms with Gasteiger partial charge in [0.1, 0.15) is 11.4 Å². The van der Waals surface area contributed by atoms with Crippen molar-refractivity contribution < 1.29 is 24.6 Å². The lowest BCUT2D eigenvalue weighted by Gasteiger charge is -2.46. The number of carbonyl (C=O) groups is 3. The van der Waals surface area contributed by atoms with E-state index in [0.29, 0.717) is 23.7 Å². The monoisotopic (exact) mass is 506 g/mol. The number of carboxylic acids is 1. The molecule has 1 saturated carbocycles. The van der Waals surface area contributed by atoms with Gasteiger partial charge < -0.3 is 25.3 Å². The fourth-order valence-corrected chi connectivity index (χ4v) is 7.89. The third-order valence-electron chi connectivity index (χ3n) is 7.39. The zero-order valence-corrected chi connectivity index (χ0v) is 20.9. The largest absolute Gasteiger partial charge is 0.477 e. The van der Waals surface area contributed by atoms with Crippen LogP contribution in [-0.4, -0.2) is 74.4 Å². The quantitative estimate of drug-likeness (QED) is 0.482. The molecule has 2 amide bonds. The smallest absolute Gasteiger partial charge is 0.353 e. The highest BCUT2D eigenvalue weighted by Crippen LogP contribution is 2.52. The molecule has 9 nitrogen and oxygen atoms in total. The van der Waals surface area contributed by atoms with Crippen molar-refractivity contribution in [1.29, 1.82) is 0 Å². The SMILES string of the molecule is CC(O)C1C(=O)N2C(C(=O)O)=C(SC3CN(c4nc(C(=O)NC5CCCCC5)cs4)C3)[C@H](C)C12. The van der Waals surface area contributed by atoms with E-state index in [2.05, 4.69) is 15.2 Å². The lowest BCUT2D eigenvalue weighted by atomic mass is 9.79. The van der Waals surface area contributed by atoms with E-state index in [1.165, 1.54) is 34.4 Å². The Bertz CT molecular complexity index is 1030. The molecule has 184 valence electrons. The van der Waals surface area contributed by atoms with Gasteiger partial charge in [-0.2, -0.15) is 0 Å². The molecule has 4 atom stereocenters. The predicted molar refractivity (Wildman–Crippen MR) is 130 cm³/mol. The maximum atomic E-state index is 12.6. The lowest BCUT2D eigenvalue weighted by Crippen LogP contribution is -2.63. The van der Waals surface area contributed by atoms with Crippen molar-refractivity contribution in [3.63, 3.8) is 0 Å². The number of aliphatic hydroxyl groups is 1. The Balaban J connectivity index is 1.19. The summed E-state index contributed by atoms with van der Waals surface area (Å²) in [5.74, 6) is -2.19. The summed E-state index contributed by atoms with van der Waals surface area (Å²) in [5, 5.41) is 25.6. The molecule has 3 N–H and O–H groups in total. The number of aliphatic carboxylic acids is 1. The molecular weight excluding hydrogens is 476 g/mol. The molecule has 0 bridgehead atoms. The fourth-order valence-electron chi connectivity index (χ4n) is 5.55. The van der Waals surface area contributed by atoms with Crippen molar-refractivity contribution in [3.05, 3.63) is 21.7 Å². The summed E-state index contributed by atoms with van der Waals surface area (Å²) in [7, 11) is 0. The minimum atomic E-state index is -1.10. The zero-order chi connectivity index (χ0) is 24.1. The molecule has 4 aliphatic rings. The van der Waals surface area contributed by atoms with E-state index in [1.807, 2.05) is 6.92 Å². The van der Waals surface area contributed by atoms with Gasteiger partial charge in [0, 0.05) is 40.6 Å². The van der Waals surface area contributed by atoms with E-state index < -0.39 is 18.0 Å². The Kier molecular flexibility index (Phi) is 6.36. The van der Waals surface area contributed by atoms with Gasteiger partial charge >= 0.3 is 5.97 Å². The normalized spacial score (nSPS) is 28.4. The van der Waals surface area contributed by atoms with Crippen molar-refractivity contribution in [2.45, 2.75) is 69.4 Å². The third kappa shape index (κ3) is 4.01. The Labute approximate surface area is 206 Å². The molecule has 0 radical (unpaired) electrons.